The highest BCUT2D eigenvalue weighted by Crippen LogP contribution is 2.28. The smallest absolute Gasteiger partial charge is 0.110 e. The number of hydrogen-bond acceptors (Lipinski definition) is 2. The van der Waals surface area contributed by atoms with Gasteiger partial charge in [-0.25, -0.2) is 4.98 Å². The van der Waals surface area contributed by atoms with E-state index in [-0.39, 0.29) is 0 Å². The Morgan fingerprint density at radius 2 is 2.05 bits per heavy atom. The first-order valence-corrected chi connectivity index (χ1v) is 7.64. The second kappa shape index (κ2) is 6.23. The standard InChI is InChI=1S/C17H23N3/c1-14-19-13-17(12-18-11-10-15-6-5-7-15)20(14)16-8-3-2-4-9-16/h2-4,8-9,13,15,18H,5-7,10-12H2,1H3. The maximum absolute atomic E-state index is 4.46. The molecule has 1 heterocycles. The Hall–Kier alpha value is -1.61. The Morgan fingerprint density at radius 1 is 1.25 bits per heavy atom. The van der Waals surface area contributed by atoms with Gasteiger partial charge in [-0.05, 0) is 37.9 Å². The average molecular weight is 269 g/mol. The molecule has 1 aromatic heterocycles. The maximum Gasteiger partial charge on any atom is 0.110 e. The van der Waals surface area contributed by atoms with Crippen molar-refractivity contribution in [2.45, 2.75) is 39.2 Å². The number of benzene rings is 1. The van der Waals surface area contributed by atoms with Crippen LogP contribution >= 0.6 is 0 Å². The number of nitrogens with zero attached hydrogens (tertiary/aromatic N) is 2. The molecule has 1 aromatic carbocycles. The molecule has 3 heteroatoms. The van der Waals surface area contributed by atoms with Crippen LogP contribution in [0, 0.1) is 12.8 Å². The highest BCUT2D eigenvalue weighted by Gasteiger charge is 2.16. The molecule has 0 amide bonds. The molecular weight excluding hydrogens is 246 g/mol. The number of hydrogen-bond donors (Lipinski definition) is 1. The van der Waals surface area contributed by atoms with Crippen LogP contribution in [0.4, 0.5) is 0 Å². The summed E-state index contributed by atoms with van der Waals surface area (Å²) in [4.78, 5) is 4.46. The SMILES string of the molecule is Cc1ncc(CNCCC2CCC2)n1-c1ccccc1. The first kappa shape index (κ1) is 13.4. The molecule has 1 aliphatic carbocycles. The minimum absolute atomic E-state index is 0.891. The summed E-state index contributed by atoms with van der Waals surface area (Å²) in [6, 6.07) is 10.5. The van der Waals surface area contributed by atoms with E-state index < -0.39 is 0 Å². The van der Waals surface area contributed by atoms with Crippen LogP contribution in [-0.4, -0.2) is 16.1 Å². The van der Waals surface area contributed by atoms with E-state index in [0.717, 1.165) is 24.8 Å². The maximum atomic E-state index is 4.46. The molecule has 0 bridgehead atoms. The van der Waals surface area contributed by atoms with Crippen LogP contribution in [0.3, 0.4) is 0 Å². The molecule has 0 aliphatic heterocycles. The van der Waals surface area contributed by atoms with E-state index in [9.17, 15) is 0 Å². The van der Waals surface area contributed by atoms with Crippen molar-refractivity contribution in [3.05, 3.63) is 48.0 Å². The number of aryl methyl sites for hydroxylation is 1. The van der Waals surface area contributed by atoms with E-state index >= 15 is 0 Å². The molecule has 1 N–H and O–H groups in total. The summed E-state index contributed by atoms with van der Waals surface area (Å²) in [6.07, 6.45) is 7.60. The highest BCUT2D eigenvalue weighted by molar-refractivity contribution is 5.35. The zero-order valence-corrected chi connectivity index (χ0v) is 12.2. The van der Waals surface area contributed by atoms with Crippen LogP contribution in [0.2, 0.25) is 0 Å². The Morgan fingerprint density at radius 3 is 2.75 bits per heavy atom. The molecule has 3 rings (SSSR count). The van der Waals surface area contributed by atoms with Crippen molar-refractivity contribution in [3.8, 4) is 5.69 Å². The van der Waals surface area contributed by atoms with Gasteiger partial charge in [-0.15, -0.1) is 0 Å². The summed E-state index contributed by atoms with van der Waals surface area (Å²) in [5, 5.41) is 3.56. The summed E-state index contributed by atoms with van der Waals surface area (Å²) in [5.74, 6) is 2.02. The van der Waals surface area contributed by atoms with E-state index in [1.165, 1.54) is 37.1 Å². The third kappa shape index (κ3) is 2.93. The van der Waals surface area contributed by atoms with E-state index in [2.05, 4.69) is 46.1 Å². The monoisotopic (exact) mass is 269 g/mol. The molecule has 3 nitrogen and oxygen atoms in total. The van der Waals surface area contributed by atoms with Gasteiger partial charge in [0.1, 0.15) is 5.82 Å². The molecule has 0 radical (unpaired) electrons. The second-order valence-electron chi connectivity index (χ2n) is 5.73. The van der Waals surface area contributed by atoms with Crippen LogP contribution in [0.1, 0.15) is 37.2 Å². The van der Waals surface area contributed by atoms with Crippen molar-refractivity contribution in [2.75, 3.05) is 6.54 Å². The second-order valence-corrected chi connectivity index (χ2v) is 5.73. The fourth-order valence-electron chi connectivity index (χ4n) is 2.85. The summed E-state index contributed by atoms with van der Waals surface area (Å²) in [6.45, 7) is 4.07. The fraction of sp³-hybridized carbons (Fsp3) is 0.471. The van der Waals surface area contributed by atoms with Gasteiger partial charge in [-0.1, -0.05) is 37.5 Å². The fourth-order valence-corrected chi connectivity index (χ4v) is 2.85. The van der Waals surface area contributed by atoms with Crippen molar-refractivity contribution in [2.24, 2.45) is 5.92 Å². The molecule has 0 spiro atoms. The summed E-state index contributed by atoms with van der Waals surface area (Å²) < 4.78 is 2.23. The van der Waals surface area contributed by atoms with Gasteiger partial charge in [0.25, 0.3) is 0 Å². The first-order chi connectivity index (χ1) is 9.84. The van der Waals surface area contributed by atoms with E-state index in [1.54, 1.807) is 0 Å². The quantitative estimate of drug-likeness (QED) is 0.814. The zero-order valence-electron chi connectivity index (χ0n) is 12.2. The van der Waals surface area contributed by atoms with Gasteiger partial charge in [-0.3, -0.25) is 4.57 Å². The molecule has 1 aliphatic rings. The molecule has 20 heavy (non-hydrogen) atoms. The lowest BCUT2D eigenvalue weighted by molar-refractivity contribution is 0.292. The lowest BCUT2D eigenvalue weighted by Gasteiger charge is -2.25. The first-order valence-electron chi connectivity index (χ1n) is 7.64. The van der Waals surface area contributed by atoms with Crippen LogP contribution < -0.4 is 5.32 Å². The molecule has 0 saturated heterocycles. The Kier molecular flexibility index (Phi) is 4.16. The van der Waals surface area contributed by atoms with Gasteiger partial charge in [0.15, 0.2) is 0 Å². The van der Waals surface area contributed by atoms with Crippen molar-refractivity contribution < 1.29 is 0 Å². The number of aromatic nitrogens is 2. The van der Waals surface area contributed by atoms with E-state index in [4.69, 9.17) is 0 Å². The molecule has 0 atom stereocenters. The average Bonchev–Trinajstić information content (AvgIpc) is 2.79. The minimum Gasteiger partial charge on any atom is -0.311 e. The van der Waals surface area contributed by atoms with Gasteiger partial charge in [0.2, 0.25) is 0 Å². The Bertz CT molecular complexity index is 541. The van der Waals surface area contributed by atoms with Crippen molar-refractivity contribution in [1.82, 2.24) is 14.9 Å². The lowest BCUT2D eigenvalue weighted by Crippen LogP contribution is -2.22. The van der Waals surface area contributed by atoms with Crippen molar-refractivity contribution in [3.63, 3.8) is 0 Å². The summed E-state index contributed by atoms with van der Waals surface area (Å²) >= 11 is 0. The van der Waals surface area contributed by atoms with Crippen molar-refractivity contribution in [1.29, 1.82) is 0 Å². The molecule has 0 unspecified atom stereocenters. The predicted octanol–water partition coefficient (Wildman–Crippen LogP) is 3.46. The summed E-state index contributed by atoms with van der Waals surface area (Å²) in [7, 11) is 0. The van der Waals surface area contributed by atoms with Gasteiger partial charge < -0.3 is 5.32 Å². The van der Waals surface area contributed by atoms with Crippen LogP contribution in [0.5, 0.6) is 0 Å². The van der Waals surface area contributed by atoms with Gasteiger partial charge in [-0.2, -0.15) is 0 Å². The molecule has 1 saturated carbocycles. The Labute approximate surface area is 121 Å². The third-order valence-corrected chi connectivity index (χ3v) is 4.29. The molecule has 2 aromatic rings. The number of imidazole rings is 1. The minimum atomic E-state index is 0.891. The van der Waals surface area contributed by atoms with E-state index in [1.807, 2.05) is 12.3 Å². The number of nitrogens with one attached hydrogen (secondary N) is 1. The summed E-state index contributed by atoms with van der Waals surface area (Å²) in [5.41, 5.74) is 2.43. The third-order valence-electron chi connectivity index (χ3n) is 4.29. The number of para-hydroxylation sites is 1. The van der Waals surface area contributed by atoms with Crippen molar-refractivity contribution >= 4 is 0 Å². The molecule has 106 valence electrons. The largest absolute Gasteiger partial charge is 0.311 e. The molecular formula is C17H23N3. The van der Waals surface area contributed by atoms with E-state index in [0.29, 0.717) is 0 Å². The van der Waals surface area contributed by atoms with Crippen LogP contribution in [0.25, 0.3) is 5.69 Å². The lowest BCUT2D eigenvalue weighted by atomic mass is 9.83. The Balaban J connectivity index is 1.61. The zero-order chi connectivity index (χ0) is 13.8. The van der Waals surface area contributed by atoms with Gasteiger partial charge in [0.05, 0.1) is 11.9 Å². The normalized spacial score (nSPS) is 15.2. The predicted molar refractivity (Wildman–Crippen MR) is 82.0 cm³/mol. The van der Waals surface area contributed by atoms with Gasteiger partial charge in [0, 0.05) is 12.2 Å². The van der Waals surface area contributed by atoms with Crippen LogP contribution in [0.15, 0.2) is 36.5 Å². The number of rotatable bonds is 6. The topological polar surface area (TPSA) is 29.9 Å². The van der Waals surface area contributed by atoms with Gasteiger partial charge >= 0.3 is 0 Å². The highest BCUT2D eigenvalue weighted by atomic mass is 15.1. The molecule has 1 fully saturated rings. The van der Waals surface area contributed by atoms with Crippen LogP contribution in [-0.2, 0) is 6.54 Å².